The highest BCUT2D eigenvalue weighted by atomic mass is 127. The third-order valence-corrected chi connectivity index (χ3v) is 4.66. The molecule has 5 nitrogen and oxygen atoms in total. The maximum Gasteiger partial charge on any atom is 0.191 e. The van der Waals surface area contributed by atoms with E-state index in [1.165, 1.54) is 6.07 Å². The minimum atomic E-state index is -0.142. The number of halogens is 2. The van der Waals surface area contributed by atoms with Crippen LogP contribution in [0.2, 0.25) is 0 Å². The largest absolute Gasteiger partial charge is 0.497 e. The Morgan fingerprint density at radius 3 is 2.64 bits per heavy atom. The lowest BCUT2D eigenvalue weighted by Gasteiger charge is -2.13. The van der Waals surface area contributed by atoms with E-state index in [-0.39, 0.29) is 41.8 Å². The molecule has 0 bridgehead atoms. The first kappa shape index (κ1) is 22.3. The second kappa shape index (κ2) is 10.5. The van der Waals surface area contributed by atoms with E-state index >= 15 is 0 Å². The fourth-order valence-corrected chi connectivity index (χ4v) is 3.12. The van der Waals surface area contributed by atoms with Crippen molar-refractivity contribution < 1.29 is 13.9 Å². The molecule has 0 radical (unpaired) electrons. The summed E-state index contributed by atoms with van der Waals surface area (Å²) >= 11 is 0. The van der Waals surface area contributed by atoms with Gasteiger partial charge in [-0.2, -0.15) is 0 Å². The third-order valence-electron chi connectivity index (χ3n) is 4.66. The molecule has 28 heavy (non-hydrogen) atoms. The van der Waals surface area contributed by atoms with Crippen LogP contribution in [0.25, 0.3) is 0 Å². The van der Waals surface area contributed by atoms with Crippen LogP contribution in [-0.4, -0.2) is 32.8 Å². The quantitative estimate of drug-likeness (QED) is 0.343. The summed E-state index contributed by atoms with van der Waals surface area (Å²) in [5, 5.41) is 6.66. The third kappa shape index (κ3) is 5.50. The van der Waals surface area contributed by atoms with Gasteiger partial charge in [0.15, 0.2) is 5.96 Å². The summed E-state index contributed by atoms with van der Waals surface area (Å²) in [6, 6.07) is 12.8. The summed E-state index contributed by atoms with van der Waals surface area (Å²) in [5.41, 5.74) is 1.74. The molecule has 2 aromatic carbocycles. The lowest BCUT2D eigenvalue weighted by Crippen LogP contribution is -2.39. The summed E-state index contributed by atoms with van der Waals surface area (Å²) in [7, 11) is 3.26. The van der Waals surface area contributed by atoms with Gasteiger partial charge in [-0.05, 0) is 37.1 Å². The van der Waals surface area contributed by atoms with Crippen LogP contribution in [0.15, 0.2) is 47.5 Å². The van der Waals surface area contributed by atoms with E-state index in [0.717, 1.165) is 41.6 Å². The molecule has 0 aromatic heterocycles. The van der Waals surface area contributed by atoms with E-state index < -0.39 is 0 Å². The highest BCUT2D eigenvalue weighted by molar-refractivity contribution is 14.0. The molecule has 0 amide bonds. The Bertz CT molecular complexity index is 816. The Hall–Kier alpha value is -2.03. The molecule has 7 heteroatoms. The van der Waals surface area contributed by atoms with Gasteiger partial charge < -0.3 is 20.1 Å². The number of aliphatic imine (C=N–C) groups is 1. The van der Waals surface area contributed by atoms with Gasteiger partial charge in [0.1, 0.15) is 17.3 Å². The first-order valence-corrected chi connectivity index (χ1v) is 9.16. The Labute approximate surface area is 182 Å². The van der Waals surface area contributed by atoms with E-state index in [1.807, 2.05) is 37.3 Å². The van der Waals surface area contributed by atoms with Crippen molar-refractivity contribution in [3.8, 4) is 11.5 Å². The van der Waals surface area contributed by atoms with Gasteiger partial charge >= 0.3 is 0 Å². The predicted molar refractivity (Wildman–Crippen MR) is 120 cm³/mol. The van der Waals surface area contributed by atoms with Crippen LogP contribution in [0.4, 0.5) is 4.39 Å². The number of hydrogen-bond donors (Lipinski definition) is 2. The number of guanidine groups is 1. The summed E-state index contributed by atoms with van der Waals surface area (Å²) in [6.45, 7) is 3.24. The second-order valence-electron chi connectivity index (χ2n) is 6.49. The zero-order valence-electron chi connectivity index (χ0n) is 16.4. The van der Waals surface area contributed by atoms with Crippen LogP contribution >= 0.6 is 24.0 Å². The standard InChI is InChI=1S/C21H26FN3O2.HI/c1-4-23-21(24-13-14-9-10-15(26-2)11-20(14)27-3)25-19-12-17(19)16-7-5-6-8-18(16)22;/h5-11,17,19H,4,12-13H2,1-3H3,(H2,23,24,25);1H. The highest BCUT2D eigenvalue weighted by Crippen LogP contribution is 2.41. The Kier molecular flexibility index (Phi) is 8.35. The van der Waals surface area contributed by atoms with E-state index in [2.05, 4.69) is 15.6 Å². The topological polar surface area (TPSA) is 54.9 Å². The van der Waals surface area contributed by atoms with E-state index in [1.54, 1.807) is 20.3 Å². The van der Waals surface area contributed by atoms with Crippen molar-refractivity contribution in [3.05, 3.63) is 59.4 Å². The molecule has 1 aliphatic carbocycles. The van der Waals surface area contributed by atoms with Crippen LogP contribution < -0.4 is 20.1 Å². The summed E-state index contributed by atoms with van der Waals surface area (Å²) in [6.07, 6.45) is 0.900. The van der Waals surface area contributed by atoms with Crippen molar-refractivity contribution in [1.29, 1.82) is 0 Å². The lowest BCUT2D eigenvalue weighted by molar-refractivity contribution is 0.391. The van der Waals surface area contributed by atoms with Gasteiger partial charge in [-0.1, -0.05) is 18.2 Å². The first-order valence-electron chi connectivity index (χ1n) is 9.16. The van der Waals surface area contributed by atoms with Crippen LogP contribution in [0.3, 0.4) is 0 Å². The second-order valence-corrected chi connectivity index (χ2v) is 6.49. The summed E-state index contributed by atoms with van der Waals surface area (Å²) in [5.74, 6) is 2.25. The van der Waals surface area contributed by atoms with E-state index in [9.17, 15) is 4.39 Å². The SMILES string of the molecule is CCNC(=NCc1ccc(OC)cc1OC)NC1CC1c1ccccc1F.I. The van der Waals surface area contributed by atoms with Gasteiger partial charge in [0, 0.05) is 30.1 Å². The van der Waals surface area contributed by atoms with Gasteiger partial charge in [-0.3, -0.25) is 0 Å². The number of nitrogens with zero attached hydrogens (tertiary/aromatic N) is 1. The smallest absolute Gasteiger partial charge is 0.191 e. The molecular formula is C21H27FIN3O2. The average Bonchev–Trinajstić information content (AvgIpc) is 3.45. The molecule has 1 fully saturated rings. The Balaban J connectivity index is 0.00000280. The predicted octanol–water partition coefficient (Wildman–Crippen LogP) is 4.07. The molecule has 3 rings (SSSR count). The maximum atomic E-state index is 14.0. The number of benzene rings is 2. The van der Waals surface area contributed by atoms with Crippen LogP contribution in [0.5, 0.6) is 11.5 Å². The molecule has 2 N–H and O–H groups in total. The molecule has 0 heterocycles. The molecule has 152 valence electrons. The van der Waals surface area contributed by atoms with Crippen LogP contribution in [0.1, 0.15) is 30.4 Å². The molecule has 0 saturated heterocycles. The van der Waals surface area contributed by atoms with Crippen molar-refractivity contribution in [2.45, 2.75) is 31.8 Å². The number of rotatable bonds is 7. The van der Waals surface area contributed by atoms with Gasteiger partial charge in [0.25, 0.3) is 0 Å². The van der Waals surface area contributed by atoms with Gasteiger partial charge in [-0.25, -0.2) is 9.38 Å². The molecule has 1 saturated carbocycles. The molecule has 2 aromatic rings. The van der Waals surface area contributed by atoms with Crippen molar-refractivity contribution in [3.63, 3.8) is 0 Å². The van der Waals surface area contributed by atoms with Crippen molar-refractivity contribution in [1.82, 2.24) is 10.6 Å². The lowest BCUT2D eigenvalue weighted by atomic mass is 10.1. The van der Waals surface area contributed by atoms with Crippen LogP contribution in [0, 0.1) is 5.82 Å². The molecule has 1 aliphatic rings. The number of hydrogen-bond acceptors (Lipinski definition) is 3. The fourth-order valence-electron chi connectivity index (χ4n) is 3.12. The monoisotopic (exact) mass is 499 g/mol. The van der Waals surface area contributed by atoms with Crippen LogP contribution in [-0.2, 0) is 6.54 Å². The van der Waals surface area contributed by atoms with Crippen molar-refractivity contribution >= 4 is 29.9 Å². The minimum Gasteiger partial charge on any atom is -0.497 e. The number of methoxy groups -OCH3 is 2. The highest BCUT2D eigenvalue weighted by Gasteiger charge is 2.40. The fraction of sp³-hybridized carbons (Fsp3) is 0.381. The first-order chi connectivity index (χ1) is 13.2. The zero-order chi connectivity index (χ0) is 19.2. The summed E-state index contributed by atoms with van der Waals surface area (Å²) in [4.78, 5) is 4.66. The number of ether oxygens (including phenoxy) is 2. The van der Waals surface area contributed by atoms with Gasteiger partial charge in [0.05, 0.1) is 20.8 Å². The van der Waals surface area contributed by atoms with Crippen molar-refractivity contribution in [2.75, 3.05) is 20.8 Å². The van der Waals surface area contributed by atoms with Gasteiger partial charge in [0.2, 0.25) is 0 Å². The summed E-state index contributed by atoms with van der Waals surface area (Å²) < 4.78 is 24.6. The minimum absolute atomic E-state index is 0. The van der Waals surface area contributed by atoms with Gasteiger partial charge in [-0.15, -0.1) is 24.0 Å². The molecular weight excluding hydrogens is 472 g/mol. The van der Waals surface area contributed by atoms with Crippen molar-refractivity contribution in [2.24, 2.45) is 4.99 Å². The van der Waals surface area contributed by atoms with E-state index in [0.29, 0.717) is 6.54 Å². The maximum absolute atomic E-state index is 14.0. The van der Waals surface area contributed by atoms with E-state index in [4.69, 9.17) is 9.47 Å². The zero-order valence-corrected chi connectivity index (χ0v) is 18.7. The molecule has 2 atom stereocenters. The Morgan fingerprint density at radius 1 is 1.18 bits per heavy atom. The number of nitrogens with one attached hydrogen (secondary N) is 2. The Morgan fingerprint density at radius 2 is 1.96 bits per heavy atom. The molecule has 0 aliphatic heterocycles. The molecule has 0 spiro atoms. The normalized spacial score (nSPS) is 18.1. The average molecular weight is 499 g/mol. The molecule has 2 unspecified atom stereocenters.